The molecule has 0 unspecified atom stereocenters. The Hall–Kier alpha value is -2.07. The smallest absolute Gasteiger partial charge is 0.238 e. The fourth-order valence-corrected chi connectivity index (χ4v) is 1.83. The van der Waals surface area contributed by atoms with Crippen molar-refractivity contribution in [1.82, 2.24) is 4.90 Å². The lowest BCUT2D eigenvalue weighted by molar-refractivity contribution is -0.117. The molecule has 0 aliphatic carbocycles. The van der Waals surface area contributed by atoms with Crippen molar-refractivity contribution in [3.05, 3.63) is 54.5 Å². The van der Waals surface area contributed by atoms with E-state index < -0.39 is 0 Å². The lowest BCUT2D eigenvalue weighted by atomic mass is 10.3. The van der Waals surface area contributed by atoms with E-state index in [0.29, 0.717) is 13.1 Å². The van der Waals surface area contributed by atoms with Gasteiger partial charge in [-0.2, -0.15) is 0 Å². The second kappa shape index (κ2) is 6.75. The molecule has 4 nitrogen and oxygen atoms in total. The Bertz CT molecular complexity index is 494. The molecular weight excluding hydrogens is 240 g/mol. The number of carbonyl (C=O) groups excluding carboxylic acids is 1. The fourth-order valence-electron chi connectivity index (χ4n) is 1.83. The highest BCUT2D eigenvalue weighted by molar-refractivity contribution is 5.92. The fraction of sp³-hybridized carbons (Fsp3) is 0.267. The molecule has 0 fully saturated rings. The van der Waals surface area contributed by atoms with Gasteiger partial charge in [0.25, 0.3) is 0 Å². The number of rotatable bonds is 6. The first-order chi connectivity index (χ1) is 9.28. The number of para-hydroxylation sites is 1. The summed E-state index contributed by atoms with van der Waals surface area (Å²) in [5.74, 6) is 0.856. The van der Waals surface area contributed by atoms with Crippen LogP contribution in [-0.2, 0) is 11.3 Å². The Morgan fingerprint density at radius 2 is 2.00 bits per heavy atom. The van der Waals surface area contributed by atoms with Crippen LogP contribution in [0.1, 0.15) is 12.7 Å². The Kier molecular flexibility index (Phi) is 4.75. The molecule has 1 amide bonds. The lowest BCUT2D eigenvalue weighted by Crippen LogP contribution is -2.32. The maximum atomic E-state index is 11.9. The second-order valence-corrected chi connectivity index (χ2v) is 4.30. The summed E-state index contributed by atoms with van der Waals surface area (Å²) in [5, 5.41) is 2.88. The molecule has 1 heterocycles. The van der Waals surface area contributed by atoms with Gasteiger partial charge in [0.05, 0.1) is 19.4 Å². The van der Waals surface area contributed by atoms with Gasteiger partial charge in [-0.25, -0.2) is 0 Å². The third-order valence-electron chi connectivity index (χ3n) is 2.83. The Morgan fingerprint density at radius 1 is 1.21 bits per heavy atom. The number of nitrogens with zero attached hydrogens (tertiary/aromatic N) is 1. The lowest BCUT2D eigenvalue weighted by Gasteiger charge is -2.18. The van der Waals surface area contributed by atoms with E-state index in [9.17, 15) is 4.79 Å². The first-order valence-corrected chi connectivity index (χ1v) is 6.37. The SMILES string of the molecule is CCN(CC(=O)Nc1ccccc1)Cc1ccco1. The van der Waals surface area contributed by atoms with Crippen molar-refractivity contribution < 1.29 is 9.21 Å². The number of anilines is 1. The number of carbonyl (C=O) groups is 1. The van der Waals surface area contributed by atoms with Crippen LogP contribution in [-0.4, -0.2) is 23.9 Å². The molecule has 4 heteroatoms. The molecule has 1 aromatic carbocycles. The van der Waals surface area contributed by atoms with Gasteiger partial charge in [-0.15, -0.1) is 0 Å². The van der Waals surface area contributed by atoms with E-state index in [2.05, 4.69) is 5.32 Å². The first-order valence-electron chi connectivity index (χ1n) is 6.37. The van der Waals surface area contributed by atoms with Gasteiger partial charge in [-0.3, -0.25) is 9.69 Å². The van der Waals surface area contributed by atoms with Gasteiger partial charge in [0.2, 0.25) is 5.91 Å². The zero-order valence-corrected chi connectivity index (χ0v) is 11.0. The number of benzene rings is 1. The zero-order chi connectivity index (χ0) is 13.5. The molecule has 0 aliphatic rings. The predicted molar refractivity (Wildman–Crippen MR) is 74.7 cm³/mol. The van der Waals surface area contributed by atoms with Gasteiger partial charge in [0, 0.05) is 5.69 Å². The van der Waals surface area contributed by atoms with Crippen LogP contribution in [0.25, 0.3) is 0 Å². The summed E-state index contributed by atoms with van der Waals surface area (Å²) in [6.07, 6.45) is 1.65. The van der Waals surface area contributed by atoms with Crippen LogP contribution in [0.3, 0.4) is 0 Å². The van der Waals surface area contributed by atoms with Crippen LogP contribution >= 0.6 is 0 Å². The highest BCUT2D eigenvalue weighted by Crippen LogP contribution is 2.07. The number of hydrogen-bond donors (Lipinski definition) is 1. The minimum atomic E-state index is -0.0143. The molecule has 100 valence electrons. The summed E-state index contributed by atoms with van der Waals surface area (Å²) in [6.45, 7) is 3.82. The van der Waals surface area contributed by atoms with E-state index in [-0.39, 0.29) is 5.91 Å². The van der Waals surface area contributed by atoms with Crippen LogP contribution in [0.15, 0.2) is 53.1 Å². The highest BCUT2D eigenvalue weighted by atomic mass is 16.3. The maximum absolute atomic E-state index is 11.9. The number of furan rings is 1. The van der Waals surface area contributed by atoms with Crippen LogP contribution < -0.4 is 5.32 Å². The molecular formula is C15H18N2O2. The normalized spacial score (nSPS) is 10.6. The van der Waals surface area contributed by atoms with Crippen molar-refractivity contribution in [3.63, 3.8) is 0 Å². The Balaban J connectivity index is 1.86. The molecule has 0 atom stereocenters. The van der Waals surface area contributed by atoms with Gasteiger partial charge in [0.15, 0.2) is 0 Å². The molecule has 0 radical (unpaired) electrons. The molecule has 19 heavy (non-hydrogen) atoms. The van der Waals surface area contributed by atoms with Crippen LogP contribution in [0, 0.1) is 0 Å². The zero-order valence-electron chi connectivity index (χ0n) is 11.0. The van der Waals surface area contributed by atoms with Crippen molar-refractivity contribution >= 4 is 11.6 Å². The van der Waals surface area contributed by atoms with Crippen molar-refractivity contribution in [2.75, 3.05) is 18.4 Å². The average Bonchev–Trinajstić information content (AvgIpc) is 2.92. The summed E-state index contributed by atoms with van der Waals surface area (Å²) >= 11 is 0. The topological polar surface area (TPSA) is 45.5 Å². The van der Waals surface area contributed by atoms with E-state index >= 15 is 0 Å². The van der Waals surface area contributed by atoms with Crippen LogP contribution in [0.4, 0.5) is 5.69 Å². The van der Waals surface area contributed by atoms with Crippen molar-refractivity contribution in [1.29, 1.82) is 0 Å². The van der Waals surface area contributed by atoms with Crippen molar-refractivity contribution in [2.45, 2.75) is 13.5 Å². The molecule has 0 bridgehead atoms. The summed E-state index contributed by atoms with van der Waals surface area (Å²) in [5.41, 5.74) is 0.821. The summed E-state index contributed by atoms with van der Waals surface area (Å²) in [4.78, 5) is 14.0. The second-order valence-electron chi connectivity index (χ2n) is 4.30. The summed E-state index contributed by atoms with van der Waals surface area (Å²) in [7, 11) is 0. The molecule has 1 aromatic heterocycles. The number of likely N-dealkylation sites (N-methyl/N-ethyl adjacent to an activating group) is 1. The third-order valence-corrected chi connectivity index (χ3v) is 2.83. The molecule has 0 saturated carbocycles. The molecule has 0 spiro atoms. The first kappa shape index (κ1) is 13.4. The minimum Gasteiger partial charge on any atom is -0.468 e. The molecule has 2 rings (SSSR count). The van der Waals surface area contributed by atoms with E-state index in [1.54, 1.807) is 6.26 Å². The van der Waals surface area contributed by atoms with Crippen molar-refractivity contribution in [2.24, 2.45) is 0 Å². The quantitative estimate of drug-likeness (QED) is 0.866. The number of amides is 1. The largest absolute Gasteiger partial charge is 0.468 e. The van der Waals surface area contributed by atoms with E-state index in [1.807, 2.05) is 54.3 Å². The maximum Gasteiger partial charge on any atom is 0.238 e. The Morgan fingerprint density at radius 3 is 2.63 bits per heavy atom. The standard InChI is InChI=1S/C15H18N2O2/c1-2-17(11-14-9-6-10-19-14)12-15(18)16-13-7-4-3-5-8-13/h3-10H,2,11-12H2,1H3,(H,16,18). The number of hydrogen-bond acceptors (Lipinski definition) is 3. The molecule has 1 N–H and O–H groups in total. The van der Waals surface area contributed by atoms with E-state index in [4.69, 9.17) is 4.42 Å². The van der Waals surface area contributed by atoms with Crippen LogP contribution in [0.5, 0.6) is 0 Å². The minimum absolute atomic E-state index is 0.0143. The van der Waals surface area contributed by atoms with Crippen molar-refractivity contribution in [3.8, 4) is 0 Å². The van der Waals surface area contributed by atoms with Gasteiger partial charge in [-0.1, -0.05) is 25.1 Å². The molecule has 2 aromatic rings. The van der Waals surface area contributed by atoms with Gasteiger partial charge < -0.3 is 9.73 Å². The highest BCUT2D eigenvalue weighted by Gasteiger charge is 2.10. The monoisotopic (exact) mass is 258 g/mol. The van der Waals surface area contributed by atoms with E-state index in [0.717, 1.165) is 18.0 Å². The summed E-state index contributed by atoms with van der Waals surface area (Å²) in [6, 6.07) is 13.2. The third kappa shape index (κ3) is 4.26. The molecule has 0 saturated heterocycles. The van der Waals surface area contributed by atoms with Gasteiger partial charge in [0.1, 0.15) is 5.76 Å². The molecule has 0 aliphatic heterocycles. The van der Waals surface area contributed by atoms with E-state index in [1.165, 1.54) is 0 Å². The summed E-state index contributed by atoms with van der Waals surface area (Å²) < 4.78 is 5.29. The van der Waals surface area contributed by atoms with Gasteiger partial charge in [-0.05, 0) is 30.8 Å². The predicted octanol–water partition coefficient (Wildman–Crippen LogP) is 2.74. The van der Waals surface area contributed by atoms with Crippen LogP contribution in [0.2, 0.25) is 0 Å². The average molecular weight is 258 g/mol. The Labute approximate surface area is 113 Å². The van der Waals surface area contributed by atoms with Gasteiger partial charge >= 0.3 is 0 Å². The number of nitrogens with one attached hydrogen (secondary N) is 1.